The maximum atomic E-state index is 12.3. The van der Waals surface area contributed by atoms with Crippen molar-refractivity contribution in [2.45, 2.75) is 25.1 Å². The normalized spacial score (nSPS) is 14.3. The molecule has 0 aliphatic heterocycles. The lowest BCUT2D eigenvalue weighted by molar-refractivity contribution is -0.149. The Labute approximate surface area is 68.5 Å². The Balaban J connectivity index is 4.03. The predicted octanol–water partition coefficient (Wildman–Crippen LogP) is 1.81. The minimum atomic E-state index is -3.23. The van der Waals surface area contributed by atoms with Crippen molar-refractivity contribution in [3.05, 3.63) is 0 Å². The van der Waals surface area contributed by atoms with E-state index in [2.05, 4.69) is 4.74 Å². The molecule has 0 saturated carbocycles. The van der Waals surface area contributed by atoms with Gasteiger partial charge in [0, 0.05) is 6.92 Å². The molecular formula is C6H9ClF2O2. The van der Waals surface area contributed by atoms with Crippen LogP contribution in [-0.2, 0) is 9.53 Å². The average Bonchev–Trinajstić information content (AvgIpc) is 1.85. The van der Waals surface area contributed by atoms with Crippen LogP contribution in [0, 0.1) is 0 Å². The van der Waals surface area contributed by atoms with Crippen molar-refractivity contribution in [2.24, 2.45) is 0 Å². The van der Waals surface area contributed by atoms with E-state index in [4.69, 9.17) is 11.6 Å². The number of carbonyl (C=O) groups excluding carboxylic acids is 1. The first-order valence-electron chi connectivity index (χ1n) is 3.08. The van der Waals surface area contributed by atoms with Crippen molar-refractivity contribution >= 4 is 17.6 Å². The van der Waals surface area contributed by atoms with Gasteiger partial charge in [0.15, 0.2) is 5.38 Å². The summed E-state index contributed by atoms with van der Waals surface area (Å²) in [4.78, 5) is 10.6. The molecule has 0 spiro atoms. The molecule has 0 amide bonds. The Morgan fingerprint density at radius 1 is 1.73 bits per heavy atom. The van der Waals surface area contributed by atoms with E-state index in [1.807, 2.05) is 0 Å². The number of carbonyl (C=O) groups is 1. The molecule has 66 valence electrons. The highest BCUT2D eigenvalue weighted by Crippen LogP contribution is 2.23. The third-order valence-electron chi connectivity index (χ3n) is 0.939. The first-order valence-corrected chi connectivity index (χ1v) is 3.51. The van der Waals surface area contributed by atoms with E-state index in [1.165, 1.54) is 6.92 Å². The van der Waals surface area contributed by atoms with Crippen LogP contribution in [0.25, 0.3) is 0 Å². The van der Waals surface area contributed by atoms with Gasteiger partial charge in [-0.2, -0.15) is 0 Å². The molecule has 0 unspecified atom stereocenters. The molecular weight excluding hydrogens is 178 g/mol. The lowest BCUT2D eigenvalue weighted by Gasteiger charge is -2.14. The SMILES string of the molecule is CCOC(=O)[C@@H](Cl)C(C)(F)F. The van der Waals surface area contributed by atoms with Crippen LogP contribution in [0.3, 0.4) is 0 Å². The Bertz CT molecular complexity index is 144. The van der Waals surface area contributed by atoms with E-state index in [-0.39, 0.29) is 6.61 Å². The van der Waals surface area contributed by atoms with Crippen LogP contribution in [0.5, 0.6) is 0 Å². The van der Waals surface area contributed by atoms with Gasteiger partial charge < -0.3 is 4.74 Å². The summed E-state index contributed by atoms with van der Waals surface area (Å²) >= 11 is 5.06. The molecule has 0 heterocycles. The van der Waals surface area contributed by atoms with E-state index < -0.39 is 17.3 Å². The largest absolute Gasteiger partial charge is 0.465 e. The number of hydrogen-bond acceptors (Lipinski definition) is 2. The van der Waals surface area contributed by atoms with Gasteiger partial charge in [-0.05, 0) is 6.92 Å². The van der Waals surface area contributed by atoms with Crippen molar-refractivity contribution in [3.63, 3.8) is 0 Å². The van der Waals surface area contributed by atoms with Crippen LogP contribution in [0.4, 0.5) is 8.78 Å². The van der Waals surface area contributed by atoms with Crippen molar-refractivity contribution in [1.82, 2.24) is 0 Å². The quantitative estimate of drug-likeness (QED) is 0.496. The monoisotopic (exact) mass is 186 g/mol. The van der Waals surface area contributed by atoms with Gasteiger partial charge in [-0.1, -0.05) is 0 Å². The lowest BCUT2D eigenvalue weighted by atomic mass is 10.3. The number of hydrogen-bond donors (Lipinski definition) is 0. The summed E-state index contributed by atoms with van der Waals surface area (Å²) < 4.78 is 28.8. The number of alkyl halides is 3. The van der Waals surface area contributed by atoms with E-state index in [9.17, 15) is 13.6 Å². The molecule has 0 aliphatic rings. The van der Waals surface area contributed by atoms with Gasteiger partial charge in [-0.15, -0.1) is 11.6 Å². The minimum absolute atomic E-state index is 0.0537. The van der Waals surface area contributed by atoms with Crippen molar-refractivity contribution in [2.75, 3.05) is 6.61 Å². The second kappa shape index (κ2) is 3.85. The summed E-state index contributed by atoms with van der Waals surface area (Å²) in [5.41, 5.74) is 0. The molecule has 5 heteroatoms. The van der Waals surface area contributed by atoms with E-state index in [0.29, 0.717) is 6.92 Å². The third-order valence-corrected chi connectivity index (χ3v) is 1.50. The fourth-order valence-electron chi connectivity index (χ4n) is 0.422. The molecule has 11 heavy (non-hydrogen) atoms. The van der Waals surface area contributed by atoms with Crippen molar-refractivity contribution in [3.8, 4) is 0 Å². The number of halogens is 3. The smallest absolute Gasteiger partial charge is 0.330 e. The molecule has 0 fully saturated rings. The zero-order chi connectivity index (χ0) is 9.07. The van der Waals surface area contributed by atoms with Crippen LogP contribution < -0.4 is 0 Å². The maximum Gasteiger partial charge on any atom is 0.330 e. The molecule has 0 saturated heterocycles. The summed E-state index contributed by atoms with van der Waals surface area (Å²) in [6.45, 7) is 2.15. The number of rotatable bonds is 3. The second-order valence-electron chi connectivity index (χ2n) is 2.07. The average molecular weight is 187 g/mol. The van der Waals surface area contributed by atoms with E-state index in [0.717, 1.165) is 0 Å². The van der Waals surface area contributed by atoms with Crippen molar-refractivity contribution < 1.29 is 18.3 Å². The molecule has 0 N–H and O–H groups in total. The number of ether oxygens (including phenoxy) is 1. The fourth-order valence-corrected chi connectivity index (χ4v) is 0.485. The van der Waals surface area contributed by atoms with Crippen molar-refractivity contribution in [1.29, 1.82) is 0 Å². The van der Waals surface area contributed by atoms with Gasteiger partial charge in [0.25, 0.3) is 5.92 Å². The molecule has 0 radical (unpaired) electrons. The first kappa shape index (κ1) is 10.6. The topological polar surface area (TPSA) is 26.3 Å². The molecule has 0 rings (SSSR count). The number of esters is 1. The van der Waals surface area contributed by atoms with E-state index >= 15 is 0 Å². The van der Waals surface area contributed by atoms with Crippen LogP contribution in [-0.4, -0.2) is 23.9 Å². The predicted molar refractivity (Wildman–Crippen MR) is 36.9 cm³/mol. The zero-order valence-corrected chi connectivity index (χ0v) is 6.99. The molecule has 1 atom stereocenters. The van der Waals surface area contributed by atoms with Crippen LogP contribution in [0.2, 0.25) is 0 Å². The Morgan fingerprint density at radius 2 is 2.18 bits per heavy atom. The maximum absolute atomic E-state index is 12.3. The van der Waals surface area contributed by atoms with Gasteiger partial charge in [-0.3, -0.25) is 4.79 Å². The highest BCUT2D eigenvalue weighted by atomic mass is 35.5. The summed E-state index contributed by atoms with van der Waals surface area (Å²) in [7, 11) is 0. The van der Waals surface area contributed by atoms with Gasteiger partial charge in [0.05, 0.1) is 6.61 Å². The second-order valence-corrected chi connectivity index (χ2v) is 2.51. The summed E-state index contributed by atoms with van der Waals surface area (Å²) in [5.74, 6) is -4.31. The molecule has 0 bridgehead atoms. The van der Waals surface area contributed by atoms with Crippen LogP contribution in [0.15, 0.2) is 0 Å². The van der Waals surface area contributed by atoms with Gasteiger partial charge >= 0.3 is 5.97 Å². The lowest BCUT2D eigenvalue weighted by Crippen LogP contribution is -2.34. The Hall–Kier alpha value is -0.380. The van der Waals surface area contributed by atoms with Gasteiger partial charge in [0.1, 0.15) is 0 Å². The van der Waals surface area contributed by atoms with Gasteiger partial charge in [0.2, 0.25) is 0 Å². The third kappa shape index (κ3) is 3.51. The molecule has 0 aliphatic carbocycles. The first-order chi connectivity index (χ1) is 4.89. The Morgan fingerprint density at radius 3 is 2.45 bits per heavy atom. The fraction of sp³-hybridized carbons (Fsp3) is 0.833. The summed E-state index contributed by atoms with van der Waals surface area (Å²) in [6, 6.07) is 0. The van der Waals surface area contributed by atoms with Gasteiger partial charge in [-0.25, -0.2) is 8.78 Å². The molecule has 2 nitrogen and oxygen atoms in total. The standard InChI is InChI=1S/C6H9ClF2O2/c1-3-11-5(10)4(7)6(2,8)9/h4H,3H2,1-2H3/t4-/m1/s1. The van der Waals surface area contributed by atoms with E-state index in [1.54, 1.807) is 0 Å². The summed E-state index contributed by atoms with van der Waals surface area (Å²) in [5, 5.41) is -1.89. The van der Waals surface area contributed by atoms with Crippen LogP contribution >= 0.6 is 11.6 Å². The highest BCUT2D eigenvalue weighted by Gasteiger charge is 2.39. The highest BCUT2D eigenvalue weighted by molar-refractivity contribution is 6.30. The Kier molecular flexibility index (Phi) is 3.72. The molecule has 0 aromatic rings. The summed E-state index contributed by atoms with van der Waals surface area (Å²) in [6.07, 6.45) is 0. The molecule has 0 aromatic heterocycles. The minimum Gasteiger partial charge on any atom is -0.465 e. The zero-order valence-electron chi connectivity index (χ0n) is 6.23. The molecule has 0 aromatic carbocycles. The van der Waals surface area contributed by atoms with Crippen LogP contribution in [0.1, 0.15) is 13.8 Å².